The molecule has 1 aliphatic heterocycles. The zero-order valence-corrected chi connectivity index (χ0v) is 18.1. The Labute approximate surface area is 184 Å². The van der Waals surface area contributed by atoms with Crippen LogP contribution in [0.15, 0.2) is 35.4 Å². The van der Waals surface area contributed by atoms with Crippen LogP contribution in [0, 0.1) is 17.6 Å². The summed E-state index contributed by atoms with van der Waals surface area (Å²) in [4.78, 5) is 26.3. The van der Waals surface area contributed by atoms with Crippen LogP contribution in [0.25, 0.3) is 0 Å². The van der Waals surface area contributed by atoms with Gasteiger partial charge in [-0.15, -0.1) is 10.2 Å². The van der Waals surface area contributed by atoms with E-state index < -0.39 is 17.5 Å². The lowest BCUT2D eigenvalue weighted by molar-refractivity contribution is -0.125. The number of hydrogen-bond donors (Lipinski definition) is 2. The number of thioether (sulfide) groups is 1. The second kappa shape index (κ2) is 11.0. The summed E-state index contributed by atoms with van der Waals surface area (Å²) >= 11 is 1.16. The third kappa shape index (κ3) is 6.61. The average Bonchev–Trinajstić information content (AvgIpc) is 2.78. The molecule has 2 N–H and O–H groups in total. The SMILES string of the molecule is CCCNC(=O)[C@@H]1CCCN(c2ccc(SCC(=O)Nc3ccc(F)cc3F)nn2)C1. The van der Waals surface area contributed by atoms with Gasteiger partial charge in [0.05, 0.1) is 17.4 Å². The minimum Gasteiger partial charge on any atom is -0.356 e. The van der Waals surface area contributed by atoms with Crippen molar-refractivity contribution in [3.8, 4) is 0 Å². The van der Waals surface area contributed by atoms with E-state index in [1.807, 2.05) is 17.9 Å². The van der Waals surface area contributed by atoms with E-state index in [2.05, 4.69) is 20.8 Å². The van der Waals surface area contributed by atoms with Crippen LogP contribution in [-0.4, -0.2) is 47.4 Å². The lowest BCUT2D eigenvalue weighted by Gasteiger charge is -2.32. The second-order valence-corrected chi connectivity index (χ2v) is 8.26. The molecule has 1 atom stereocenters. The minimum atomic E-state index is -0.828. The lowest BCUT2D eigenvalue weighted by atomic mass is 9.97. The summed E-state index contributed by atoms with van der Waals surface area (Å²) < 4.78 is 26.6. The lowest BCUT2D eigenvalue weighted by Crippen LogP contribution is -2.43. The molecular weight excluding hydrogens is 424 g/mol. The van der Waals surface area contributed by atoms with Crippen molar-refractivity contribution in [2.75, 3.05) is 35.6 Å². The van der Waals surface area contributed by atoms with Gasteiger partial charge in [0.1, 0.15) is 16.7 Å². The molecule has 3 rings (SSSR count). The van der Waals surface area contributed by atoms with Crippen molar-refractivity contribution < 1.29 is 18.4 Å². The summed E-state index contributed by atoms with van der Waals surface area (Å²) in [6, 6.07) is 6.55. The predicted molar refractivity (Wildman–Crippen MR) is 116 cm³/mol. The van der Waals surface area contributed by atoms with Gasteiger partial charge in [-0.25, -0.2) is 8.78 Å². The number of benzene rings is 1. The van der Waals surface area contributed by atoms with E-state index >= 15 is 0 Å². The molecule has 2 aromatic rings. The summed E-state index contributed by atoms with van der Waals surface area (Å²) in [7, 11) is 0. The summed E-state index contributed by atoms with van der Waals surface area (Å²) in [5.41, 5.74) is -0.0731. The normalized spacial score (nSPS) is 16.1. The molecule has 1 aliphatic rings. The van der Waals surface area contributed by atoms with E-state index in [9.17, 15) is 18.4 Å². The molecule has 2 amide bonds. The molecule has 2 heterocycles. The van der Waals surface area contributed by atoms with Gasteiger partial charge in [0.2, 0.25) is 11.8 Å². The number of aromatic nitrogens is 2. The fourth-order valence-corrected chi connectivity index (χ4v) is 3.88. The number of nitrogens with one attached hydrogen (secondary N) is 2. The zero-order chi connectivity index (χ0) is 22.2. The van der Waals surface area contributed by atoms with E-state index in [0.717, 1.165) is 43.6 Å². The monoisotopic (exact) mass is 449 g/mol. The number of anilines is 2. The van der Waals surface area contributed by atoms with Crippen LogP contribution in [0.4, 0.5) is 20.3 Å². The first-order valence-corrected chi connectivity index (χ1v) is 11.2. The Morgan fingerprint density at radius 2 is 2.06 bits per heavy atom. The summed E-state index contributed by atoms with van der Waals surface area (Å²) in [5, 5.41) is 14.3. The van der Waals surface area contributed by atoms with Gasteiger partial charge in [-0.1, -0.05) is 18.7 Å². The number of hydrogen-bond acceptors (Lipinski definition) is 6. The van der Waals surface area contributed by atoms with Crippen molar-refractivity contribution in [1.82, 2.24) is 15.5 Å². The van der Waals surface area contributed by atoms with Crippen LogP contribution in [0.1, 0.15) is 26.2 Å². The molecule has 0 unspecified atom stereocenters. The topological polar surface area (TPSA) is 87.2 Å². The molecule has 31 heavy (non-hydrogen) atoms. The maximum Gasteiger partial charge on any atom is 0.234 e. The van der Waals surface area contributed by atoms with Crippen molar-refractivity contribution in [2.45, 2.75) is 31.2 Å². The first-order chi connectivity index (χ1) is 15.0. The quantitative estimate of drug-likeness (QED) is 0.602. The van der Waals surface area contributed by atoms with Crippen LogP contribution in [0.5, 0.6) is 0 Å². The molecule has 0 aliphatic carbocycles. The second-order valence-electron chi connectivity index (χ2n) is 7.27. The van der Waals surface area contributed by atoms with Gasteiger partial charge in [0.15, 0.2) is 5.82 Å². The first kappa shape index (κ1) is 22.9. The maximum absolute atomic E-state index is 13.6. The van der Waals surface area contributed by atoms with Gasteiger partial charge < -0.3 is 15.5 Å². The van der Waals surface area contributed by atoms with E-state index in [-0.39, 0.29) is 23.3 Å². The summed E-state index contributed by atoms with van der Waals surface area (Å²) in [6.07, 6.45) is 2.67. The van der Waals surface area contributed by atoms with Gasteiger partial charge in [0.25, 0.3) is 0 Å². The van der Waals surface area contributed by atoms with Crippen LogP contribution in [0.2, 0.25) is 0 Å². The van der Waals surface area contributed by atoms with Crippen molar-refractivity contribution in [2.24, 2.45) is 5.92 Å². The molecule has 0 spiro atoms. The Bertz CT molecular complexity index is 913. The summed E-state index contributed by atoms with van der Waals surface area (Å²) in [6.45, 7) is 4.11. The highest BCUT2D eigenvalue weighted by Crippen LogP contribution is 2.23. The third-order valence-corrected chi connectivity index (χ3v) is 5.77. The van der Waals surface area contributed by atoms with Gasteiger partial charge >= 0.3 is 0 Å². The largest absolute Gasteiger partial charge is 0.356 e. The molecule has 0 radical (unpaired) electrons. The van der Waals surface area contributed by atoms with Crippen LogP contribution in [0.3, 0.4) is 0 Å². The fourth-order valence-electron chi connectivity index (χ4n) is 3.27. The van der Waals surface area contributed by atoms with E-state index in [1.165, 1.54) is 6.07 Å². The molecule has 1 aromatic carbocycles. The highest BCUT2D eigenvalue weighted by Gasteiger charge is 2.26. The van der Waals surface area contributed by atoms with Crippen molar-refractivity contribution in [1.29, 1.82) is 0 Å². The van der Waals surface area contributed by atoms with Gasteiger partial charge in [-0.05, 0) is 43.5 Å². The smallest absolute Gasteiger partial charge is 0.234 e. The predicted octanol–water partition coefficient (Wildman–Crippen LogP) is 3.23. The maximum atomic E-state index is 13.6. The Balaban J connectivity index is 1.50. The molecule has 1 aromatic heterocycles. The van der Waals surface area contributed by atoms with E-state index in [1.54, 1.807) is 6.07 Å². The molecule has 7 nitrogen and oxygen atoms in total. The fraction of sp³-hybridized carbons (Fsp3) is 0.429. The molecule has 10 heteroatoms. The average molecular weight is 450 g/mol. The Kier molecular flexibility index (Phi) is 8.16. The summed E-state index contributed by atoms with van der Waals surface area (Å²) in [5.74, 6) is -1.25. The number of carbonyl (C=O) groups excluding carboxylic acids is 2. The van der Waals surface area contributed by atoms with E-state index in [4.69, 9.17) is 0 Å². The van der Waals surface area contributed by atoms with E-state index in [0.29, 0.717) is 30.0 Å². The van der Waals surface area contributed by atoms with Gasteiger partial charge in [-0.2, -0.15) is 0 Å². The highest BCUT2D eigenvalue weighted by molar-refractivity contribution is 7.99. The van der Waals surface area contributed by atoms with Crippen molar-refractivity contribution in [3.63, 3.8) is 0 Å². The molecule has 1 saturated heterocycles. The number of rotatable bonds is 8. The number of nitrogens with zero attached hydrogens (tertiary/aromatic N) is 3. The molecule has 1 fully saturated rings. The number of carbonyl (C=O) groups is 2. The zero-order valence-electron chi connectivity index (χ0n) is 17.2. The van der Waals surface area contributed by atoms with Crippen molar-refractivity contribution in [3.05, 3.63) is 42.0 Å². The Morgan fingerprint density at radius 3 is 2.77 bits per heavy atom. The third-order valence-electron chi connectivity index (χ3n) is 4.85. The van der Waals surface area contributed by atoms with Crippen LogP contribution >= 0.6 is 11.8 Å². The van der Waals surface area contributed by atoms with Crippen molar-refractivity contribution >= 4 is 35.1 Å². The standard InChI is InChI=1S/C21H25F2N5O2S/c1-2-9-24-21(30)14-4-3-10-28(12-14)18-7-8-20(27-26-18)31-13-19(29)25-17-6-5-15(22)11-16(17)23/h5-8,11,14H,2-4,9-10,12-13H2,1H3,(H,24,30)(H,25,29)/t14-/m1/s1. The molecule has 166 valence electrons. The molecule has 0 bridgehead atoms. The molecule has 0 saturated carbocycles. The number of amides is 2. The van der Waals surface area contributed by atoms with Crippen LogP contribution in [-0.2, 0) is 9.59 Å². The van der Waals surface area contributed by atoms with Gasteiger partial charge in [-0.3, -0.25) is 9.59 Å². The number of piperidine rings is 1. The van der Waals surface area contributed by atoms with Crippen LogP contribution < -0.4 is 15.5 Å². The Morgan fingerprint density at radius 1 is 1.23 bits per heavy atom. The highest BCUT2D eigenvalue weighted by atomic mass is 32.2. The Hall–Kier alpha value is -2.75. The number of halogens is 2. The van der Waals surface area contributed by atoms with Gasteiger partial charge in [0, 0.05) is 25.7 Å². The minimum absolute atomic E-state index is 0.00817. The molecular formula is C21H25F2N5O2S. The first-order valence-electron chi connectivity index (χ1n) is 10.2.